The Bertz CT molecular complexity index is 654. The molecule has 1 aromatic carbocycles. The summed E-state index contributed by atoms with van der Waals surface area (Å²) in [5.41, 5.74) is 2.03. The quantitative estimate of drug-likeness (QED) is 0.801. The minimum Gasteiger partial charge on any atom is -0.381 e. The fraction of sp³-hybridized carbons (Fsp3) is 0.588. The number of rotatable bonds is 7. The van der Waals surface area contributed by atoms with Crippen LogP contribution in [0.5, 0.6) is 0 Å². The topological polar surface area (TPSA) is 75.7 Å². The maximum absolute atomic E-state index is 12.1. The molecule has 1 amide bonds. The van der Waals surface area contributed by atoms with Crippen molar-refractivity contribution in [2.75, 3.05) is 32.6 Å². The summed E-state index contributed by atoms with van der Waals surface area (Å²) in [6, 6.07) is 7.77. The molecule has 1 fully saturated rings. The molecule has 0 unspecified atom stereocenters. The van der Waals surface area contributed by atoms with E-state index in [1.165, 1.54) is 10.6 Å². The summed E-state index contributed by atoms with van der Waals surface area (Å²) in [6.07, 6.45) is 2.65. The second-order valence-electron chi connectivity index (χ2n) is 6.26. The van der Waals surface area contributed by atoms with Gasteiger partial charge in [0.05, 0.1) is 6.26 Å². The molecule has 6 nitrogen and oxygen atoms in total. The molecule has 1 N–H and O–H groups in total. The fourth-order valence-corrected chi connectivity index (χ4v) is 3.59. The van der Waals surface area contributed by atoms with Crippen molar-refractivity contribution in [3.8, 4) is 0 Å². The van der Waals surface area contributed by atoms with Crippen LogP contribution in [0, 0.1) is 12.8 Å². The van der Waals surface area contributed by atoms with E-state index in [2.05, 4.69) is 5.32 Å². The van der Waals surface area contributed by atoms with Crippen LogP contribution in [0.3, 0.4) is 0 Å². The first-order chi connectivity index (χ1) is 11.4. The van der Waals surface area contributed by atoms with Gasteiger partial charge in [-0.05, 0) is 25.3 Å². The maximum Gasteiger partial charge on any atom is 0.223 e. The van der Waals surface area contributed by atoms with E-state index in [0.29, 0.717) is 26.3 Å². The smallest absolute Gasteiger partial charge is 0.223 e. The number of sulfonamides is 1. The van der Waals surface area contributed by atoms with Gasteiger partial charge in [0.25, 0.3) is 0 Å². The van der Waals surface area contributed by atoms with Gasteiger partial charge in [-0.1, -0.05) is 29.8 Å². The molecule has 24 heavy (non-hydrogen) atoms. The standard InChI is InChI=1S/C17H26N2O4S/c1-14-4-3-5-15(12-14)13-19(24(2,21)22)9-8-18-17(20)16-6-10-23-11-7-16/h3-5,12,16H,6-11,13H2,1-2H3,(H,18,20). The van der Waals surface area contributed by atoms with Crippen LogP contribution in [-0.2, 0) is 26.1 Å². The Labute approximate surface area is 144 Å². The molecule has 1 saturated heterocycles. The molecular formula is C17H26N2O4S. The normalized spacial score (nSPS) is 16.3. The Balaban J connectivity index is 1.88. The van der Waals surface area contributed by atoms with Crippen LogP contribution >= 0.6 is 0 Å². The van der Waals surface area contributed by atoms with Gasteiger partial charge in [-0.2, -0.15) is 4.31 Å². The zero-order valence-electron chi connectivity index (χ0n) is 14.3. The van der Waals surface area contributed by atoms with Crippen LogP contribution in [0.4, 0.5) is 0 Å². The van der Waals surface area contributed by atoms with E-state index in [1.54, 1.807) is 0 Å². The number of carbonyl (C=O) groups is 1. The second-order valence-corrected chi connectivity index (χ2v) is 8.25. The van der Waals surface area contributed by atoms with Crippen molar-refractivity contribution < 1.29 is 17.9 Å². The molecule has 0 radical (unpaired) electrons. The van der Waals surface area contributed by atoms with Crippen molar-refractivity contribution in [1.82, 2.24) is 9.62 Å². The summed E-state index contributed by atoms with van der Waals surface area (Å²) in [4.78, 5) is 12.1. The van der Waals surface area contributed by atoms with E-state index >= 15 is 0 Å². The van der Waals surface area contributed by atoms with Gasteiger partial charge >= 0.3 is 0 Å². The van der Waals surface area contributed by atoms with Gasteiger partial charge in [0.2, 0.25) is 15.9 Å². The van der Waals surface area contributed by atoms with Gasteiger partial charge in [0, 0.05) is 38.8 Å². The van der Waals surface area contributed by atoms with Gasteiger partial charge in [0.1, 0.15) is 0 Å². The van der Waals surface area contributed by atoms with Crippen LogP contribution in [-0.4, -0.2) is 51.2 Å². The number of ether oxygens (including phenoxy) is 1. The van der Waals surface area contributed by atoms with E-state index in [9.17, 15) is 13.2 Å². The number of amides is 1. The molecule has 0 saturated carbocycles. The summed E-state index contributed by atoms with van der Waals surface area (Å²) in [5, 5.41) is 2.85. The molecule has 134 valence electrons. The fourth-order valence-electron chi connectivity index (χ4n) is 2.78. The Morgan fingerprint density at radius 1 is 1.33 bits per heavy atom. The lowest BCUT2D eigenvalue weighted by molar-refractivity contribution is -0.127. The molecular weight excluding hydrogens is 328 g/mol. The average Bonchev–Trinajstić information content (AvgIpc) is 2.54. The minimum absolute atomic E-state index is 0.0118. The lowest BCUT2D eigenvalue weighted by atomic mass is 9.99. The van der Waals surface area contributed by atoms with Crippen molar-refractivity contribution in [3.63, 3.8) is 0 Å². The zero-order valence-corrected chi connectivity index (χ0v) is 15.1. The van der Waals surface area contributed by atoms with E-state index < -0.39 is 10.0 Å². The zero-order chi connectivity index (χ0) is 17.6. The monoisotopic (exact) mass is 354 g/mol. The van der Waals surface area contributed by atoms with Crippen molar-refractivity contribution >= 4 is 15.9 Å². The van der Waals surface area contributed by atoms with Gasteiger partial charge in [-0.15, -0.1) is 0 Å². The third-order valence-corrected chi connectivity index (χ3v) is 5.41. The van der Waals surface area contributed by atoms with E-state index in [1.807, 2.05) is 31.2 Å². The van der Waals surface area contributed by atoms with Gasteiger partial charge in [-0.25, -0.2) is 8.42 Å². The van der Waals surface area contributed by atoms with Crippen LogP contribution in [0.15, 0.2) is 24.3 Å². The Morgan fingerprint density at radius 2 is 2.04 bits per heavy atom. The average molecular weight is 354 g/mol. The molecule has 1 aliphatic rings. The Hall–Kier alpha value is -1.44. The number of nitrogens with zero attached hydrogens (tertiary/aromatic N) is 1. The molecule has 1 aromatic rings. The highest BCUT2D eigenvalue weighted by atomic mass is 32.2. The summed E-state index contributed by atoms with van der Waals surface area (Å²) in [5.74, 6) is -0.0375. The largest absolute Gasteiger partial charge is 0.381 e. The van der Waals surface area contributed by atoms with E-state index in [-0.39, 0.29) is 18.4 Å². The lowest BCUT2D eigenvalue weighted by Gasteiger charge is -2.23. The molecule has 0 bridgehead atoms. The second kappa shape index (κ2) is 8.60. The predicted octanol–water partition coefficient (Wildman–Crippen LogP) is 1.30. The molecule has 1 heterocycles. The van der Waals surface area contributed by atoms with Gasteiger partial charge < -0.3 is 10.1 Å². The highest BCUT2D eigenvalue weighted by Crippen LogP contribution is 2.14. The van der Waals surface area contributed by atoms with Crippen molar-refractivity contribution in [1.29, 1.82) is 0 Å². The SMILES string of the molecule is Cc1cccc(CN(CCNC(=O)C2CCOCC2)S(C)(=O)=O)c1. The molecule has 7 heteroatoms. The number of hydrogen-bond acceptors (Lipinski definition) is 4. The van der Waals surface area contributed by atoms with Crippen LogP contribution in [0.1, 0.15) is 24.0 Å². The third kappa shape index (κ3) is 5.89. The molecule has 0 aliphatic carbocycles. The molecule has 0 aromatic heterocycles. The summed E-state index contributed by atoms with van der Waals surface area (Å²) in [6.45, 7) is 4.09. The molecule has 1 aliphatic heterocycles. The van der Waals surface area contributed by atoms with Crippen LogP contribution in [0.2, 0.25) is 0 Å². The maximum atomic E-state index is 12.1. The first kappa shape index (κ1) is 18.9. The summed E-state index contributed by atoms with van der Waals surface area (Å²) < 4.78 is 30.6. The summed E-state index contributed by atoms with van der Waals surface area (Å²) in [7, 11) is -3.34. The first-order valence-electron chi connectivity index (χ1n) is 8.22. The van der Waals surface area contributed by atoms with Crippen LogP contribution in [0.25, 0.3) is 0 Å². The molecule has 0 atom stereocenters. The summed E-state index contributed by atoms with van der Waals surface area (Å²) >= 11 is 0. The van der Waals surface area contributed by atoms with Gasteiger partial charge in [0.15, 0.2) is 0 Å². The van der Waals surface area contributed by atoms with Crippen molar-refractivity contribution in [2.24, 2.45) is 5.92 Å². The number of nitrogens with one attached hydrogen (secondary N) is 1. The van der Waals surface area contributed by atoms with Crippen LogP contribution < -0.4 is 5.32 Å². The predicted molar refractivity (Wildman–Crippen MR) is 93.0 cm³/mol. The Kier molecular flexibility index (Phi) is 6.77. The highest BCUT2D eigenvalue weighted by Gasteiger charge is 2.22. The van der Waals surface area contributed by atoms with Crippen molar-refractivity contribution in [3.05, 3.63) is 35.4 Å². The number of aryl methyl sites for hydroxylation is 1. The van der Waals surface area contributed by atoms with E-state index in [0.717, 1.165) is 24.0 Å². The number of benzene rings is 1. The van der Waals surface area contributed by atoms with Crippen molar-refractivity contribution in [2.45, 2.75) is 26.3 Å². The lowest BCUT2D eigenvalue weighted by Crippen LogP contribution is -2.40. The van der Waals surface area contributed by atoms with E-state index in [4.69, 9.17) is 4.74 Å². The molecule has 0 spiro atoms. The minimum atomic E-state index is -3.34. The Morgan fingerprint density at radius 3 is 2.67 bits per heavy atom. The van der Waals surface area contributed by atoms with Gasteiger partial charge in [-0.3, -0.25) is 4.79 Å². The third-order valence-electron chi connectivity index (χ3n) is 4.16. The highest BCUT2D eigenvalue weighted by molar-refractivity contribution is 7.88. The first-order valence-corrected chi connectivity index (χ1v) is 10.1. The number of hydrogen-bond donors (Lipinski definition) is 1. The number of carbonyl (C=O) groups excluding carboxylic acids is 1. The molecule has 2 rings (SSSR count).